The molecule has 17 heavy (non-hydrogen) atoms. The summed E-state index contributed by atoms with van der Waals surface area (Å²) in [6.45, 7) is 2.62. The number of rotatable bonds is 6. The van der Waals surface area contributed by atoms with Gasteiger partial charge >= 0.3 is 5.97 Å². The van der Waals surface area contributed by atoms with Crippen molar-refractivity contribution in [3.63, 3.8) is 0 Å². The highest BCUT2D eigenvalue weighted by Gasteiger charge is 2.05. The van der Waals surface area contributed by atoms with Crippen molar-refractivity contribution >= 4 is 11.9 Å². The summed E-state index contributed by atoms with van der Waals surface area (Å²) in [6, 6.07) is 3.28. The van der Waals surface area contributed by atoms with Gasteiger partial charge in [0, 0.05) is 30.9 Å². The molecule has 0 radical (unpaired) electrons. The van der Waals surface area contributed by atoms with E-state index in [1.54, 1.807) is 31.5 Å². The molecule has 1 aromatic rings. The van der Waals surface area contributed by atoms with E-state index in [2.05, 4.69) is 10.3 Å². The van der Waals surface area contributed by atoms with E-state index in [-0.39, 0.29) is 11.9 Å². The van der Waals surface area contributed by atoms with Crippen molar-refractivity contribution in [3.05, 3.63) is 30.1 Å². The van der Waals surface area contributed by atoms with E-state index in [9.17, 15) is 9.59 Å². The normalized spacial score (nSPS) is 9.71. The number of esters is 1. The lowest BCUT2D eigenvalue weighted by molar-refractivity contribution is -0.143. The van der Waals surface area contributed by atoms with Crippen LogP contribution < -0.4 is 5.32 Å². The summed E-state index contributed by atoms with van der Waals surface area (Å²) in [5, 5.41) is 2.72. The zero-order valence-corrected chi connectivity index (χ0v) is 9.81. The quantitative estimate of drug-likeness (QED) is 0.594. The Morgan fingerprint density at radius 3 is 2.71 bits per heavy atom. The fourth-order valence-electron chi connectivity index (χ4n) is 1.27. The number of nitrogens with one attached hydrogen (secondary N) is 1. The molecule has 1 amide bonds. The van der Waals surface area contributed by atoms with Crippen LogP contribution in [0.25, 0.3) is 0 Å². The van der Waals surface area contributed by atoms with Crippen molar-refractivity contribution in [2.75, 3.05) is 13.2 Å². The van der Waals surface area contributed by atoms with E-state index in [1.165, 1.54) is 0 Å². The first-order chi connectivity index (χ1) is 8.24. The van der Waals surface area contributed by atoms with Gasteiger partial charge in [-0.3, -0.25) is 14.6 Å². The van der Waals surface area contributed by atoms with E-state index in [0.717, 1.165) is 0 Å². The Bertz CT molecular complexity index is 365. The molecule has 1 aromatic heterocycles. The van der Waals surface area contributed by atoms with Gasteiger partial charge in [0.1, 0.15) is 0 Å². The predicted molar refractivity (Wildman–Crippen MR) is 62.4 cm³/mol. The average Bonchev–Trinajstić information content (AvgIpc) is 2.36. The van der Waals surface area contributed by atoms with E-state index in [0.29, 0.717) is 31.6 Å². The summed E-state index contributed by atoms with van der Waals surface area (Å²) < 4.78 is 4.77. The van der Waals surface area contributed by atoms with Crippen LogP contribution >= 0.6 is 0 Å². The number of pyridine rings is 1. The third-order valence-corrected chi connectivity index (χ3v) is 2.09. The predicted octanol–water partition coefficient (Wildman–Crippen LogP) is 1.15. The maximum atomic E-state index is 11.6. The highest BCUT2D eigenvalue weighted by molar-refractivity contribution is 5.93. The lowest BCUT2D eigenvalue weighted by Gasteiger charge is -2.04. The number of carbonyl (C=O) groups excluding carboxylic acids is 2. The van der Waals surface area contributed by atoms with E-state index in [4.69, 9.17) is 4.74 Å². The second-order valence-electron chi connectivity index (χ2n) is 3.40. The van der Waals surface area contributed by atoms with Gasteiger partial charge in [0.05, 0.1) is 6.61 Å². The minimum Gasteiger partial charge on any atom is -0.466 e. The highest BCUT2D eigenvalue weighted by atomic mass is 16.5. The molecular weight excluding hydrogens is 220 g/mol. The molecule has 0 spiro atoms. The molecule has 0 bridgehead atoms. The lowest BCUT2D eigenvalue weighted by Crippen LogP contribution is -2.25. The third kappa shape index (κ3) is 5.10. The van der Waals surface area contributed by atoms with Crippen LogP contribution in [0, 0.1) is 0 Å². The van der Waals surface area contributed by atoms with Gasteiger partial charge < -0.3 is 10.1 Å². The molecule has 1 N–H and O–H groups in total. The summed E-state index contributed by atoms with van der Waals surface area (Å²) >= 11 is 0. The summed E-state index contributed by atoms with van der Waals surface area (Å²) in [4.78, 5) is 26.4. The van der Waals surface area contributed by atoms with Crippen molar-refractivity contribution in [2.24, 2.45) is 0 Å². The summed E-state index contributed by atoms with van der Waals surface area (Å²) in [5.74, 6) is -0.387. The van der Waals surface area contributed by atoms with E-state index in [1.807, 2.05) is 0 Å². The van der Waals surface area contributed by atoms with Crippen LogP contribution in [-0.4, -0.2) is 30.0 Å². The Morgan fingerprint density at radius 1 is 1.35 bits per heavy atom. The number of nitrogens with zero attached hydrogens (tertiary/aromatic N) is 1. The van der Waals surface area contributed by atoms with Gasteiger partial charge in [-0.2, -0.15) is 0 Å². The molecule has 0 aliphatic heterocycles. The second-order valence-corrected chi connectivity index (χ2v) is 3.40. The minimum atomic E-state index is -0.231. The van der Waals surface area contributed by atoms with E-state index >= 15 is 0 Å². The number of aromatic nitrogens is 1. The first-order valence-corrected chi connectivity index (χ1v) is 5.58. The van der Waals surface area contributed by atoms with Gasteiger partial charge in [-0.15, -0.1) is 0 Å². The smallest absolute Gasteiger partial charge is 0.305 e. The molecule has 1 rings (SSSR count). The molecule has 0 atom stereocenters. The van der Waals surface area contributed by atoms with Gasteiger partial charge in [0.2, 0.25) is 0 Å². The van der Waals surface area contributed by atoms with Crippen molar-refractivity contribution < 1.29 is 14.3 Å². The van der Waals surface area contributed by atoms with Gasteiger partial charge in [-0.1, -0.05) is 0 Å². The molecule has 0 aromatic carbocycles. The topological polar surface area (TPSA) is 68.3 Å². The van der Waals surface area contributed by atoms with Crippen LogP contribution in [0.1, 0.15) is 30.1 Å². The Hall–Kier alpha value is -1.91. The molecule has 5 heteroatoms. The Kier molecular flexibility index (Phi) is 5.71. The molecule has 1 heterocycles. The number of ether oxygens (including phenoxy) is 1. The molecule has 92 valence electrons. The maximum absolute atomic E-state index is 11.6. The number of amides is 1. The SMILES string of the molecule is CCOC(=O)CCCNC(=O)c1ccncc1. The highest BCUT2D eigenvalue weighted by Crippen LogP contribution is 1.96. The molecule has 0 unspecified atom stereocenters. The van der Waals surface area contributed by atoms with Crippen LogP contribution in [-0.2, 0) is 9.53 Å². The average molecular weight is 236 g/mol. The van der Waals surface area contributed by atoms with Crippen molar-refractivity contribution in [1.82, 2.24) is 10.3 Å². The van der Waals surface area contributed by atoms with Gasteiger partial charge in [-0.05, 0) is 25.5 Å². The van der Waals surface area contributed by atoms with Crippen molar-refractivity contribution in [1.29, 1.82) is 0 Å². The van der Waals surface area contributed by atoms with Crippen LogP contribution in [0.4, 0.5) is 0 Å². The monoisotopic (exact) mass is 236 g/mol. The number of hydrogen-bond donors (Lipinski definition) is 1. The second kappa shape index (κ2) is 7.38. The largest absolute Gasteiger partial charge is 0.466 e. The van der Waals surface area contributed by atoms with Crippen molar-refractivity contribution in [3.8, 4) is 0 Å². The van der Waals surface area contributed by atoms with Crippen LogP contribution in [0.2, 0.25) is 0 Å². The molecular formula is C12H16N2O3. The molecule has 0 saturated heterocycles. The number of hydrogen-bond acceptors (Lipinski definition) is 4. The third-order valence-electron chi connectivity index (χ3n) is 2.09. The van der Waals surface area contributed by atoms with Crippen molar-refractivity contribution in [2.45, 2.75) is 19.8 Å². The Morgan fingerprint density at radius 2 is 2.06 bits per heavy atom. The molecule has 0 aliphatic carbocycles. The van der Waals surface area contributed by atoms with Gasteiger partial charge in [0.15, 0.2) is 0 Å². The molecule has 0 fully saturated rings. The van der Waals surface area contributed by atoms with Crippen LogP contribution in [0.15, 0.2) is 24.5 Å². The standard InChI is InChI=1S/C12H16N2O3/c1-2-17-11(15)4-3-7-14-12(16)10-5-8-13-9-6-10/h5-6,8-9H,2-4,7H2,1H3,(H,14,16). The van der Waals surface area contributed by atoms with Gasteiger partial charge in [0.25, 0.3) is 5.91 Å². The first kappa shape index (κ1) is 13.2. The fourth-order valence-corrected chi connectivity index (χ4v) is 1.27. The fraction of sp³-hybridized carbons (Fsp3) is 0.417. The Balaban J connectivity index is 2.19. The van der Waals surface area contributed by atoms with Gasteiger partial charge in [-0.25, -0.2) is 0 Å². The summed E-state index contributed by atoms with van der Waals surface area (Å²) in [6.07, 6.45) is 4.03. The number of carbonyl (C=O) groups is 2. The molecule has 0 aliphatic rings. The summed E-state index contributed by atoms with van der Waals surface area (Å²) in [5.41, 5.74) is 0.566. The zero-order chi connectivity index (χ0) is 12.5. The summed E-state index contributed by atoms with van der Waals surface area (Å²) in [7, 11) is 0. The Labute approximate surface area is 100 Å². The molecule has 5 nitrogen and oxygen atoms in total. The van der Waals surface area contributed by atoms with E-state index < -0.39 is 0 Å². The zero-order valence-electron chi connectivity index (χ0n) is 9.81. The maximum Gasteiger partial charge on any atom is 0.305 e. The van der Waals surface area contributed by atoms with Crippen LogP contribution in [0.5, 0.6) is 0 Å². The lowest BCUT2D eigenvalue weighted by atomic mass is 10.2. The minimum absolute atomic E-state index is 0.156. The van der Waals surface area contributed by atoms with Crippen LogP contribution in [0.3, 0.4) is 0 Å². The first-order valence-electron chi connectivity index (χ1n) is 5.58. The molecule has 0 saturated carbocycles.